The molecule has 0 saturated heterocycles. The molecule has 0 fully saturated rings. The average Bonchev–Trinajstić information content (AvgIpc) is 3.28. The average molecular weight is 487 g/mol. The number of hydrogen-bond acceptors (Lipinski definition) is 6. The lowest BCUT2D eigenvalue weighted by molar-refractivity contribution is -0.149. The standard InChI is InChI=1S/C26H34N2O5S/c1-6-33-24(31)12-11-22(29)28(26(2,3)4)17-23(30)27-15-13-21-20(14-16-34-21)25(27)18-7-9-19(32-5)10-8-18/h7-10,14,16,25H,6,11-13,15,17H2,1-5H3. The number of methoxy groups -OCH3 is 1. The largest absolute Gasteiger partial charge is 0.497 e. The number of amides is 2. The van der Waals surface area contributed by atoms with Gasteiger partial charge in [0.25, 0.3) is 0 Å². The van der Waals surface area contributed by atoms with Crippen LogP contribution in [0.25, 0.3) is 0 Å². The molecule has 0 radical (unpaired) electrons. The van der Waals surface area contributed by atoms with Crippen molar-refractivity contribution in [1.82, 2.24) is 9.80 Å². The molecule has 1 aliphatic heterocycles. The van der Waals surface area contributed by atoms with Gasteiger partial charge in [-0.1, -0.05) is 12.1 Å². The third-order valence-electron chi connectivity index (χ3n) is 5.97. The summed E-state index contributed by atoms with van der Waals surface area (Å²) in [5.41, 5.74) is 1.57. The van der Waals surface area contributed by atoms with Crippen molar-refractivity contribution in [3.8, 4) is 5.75 Å². The number of rotatable bonds is 8. The van der Waals surface area contributed by atoms with Gasteiger partial charge in [0.05, 0.1) is 26.2 Å². The van der Waals surface area contributed by atoms with E-state index in [0.29, 0.717) is 6.54 Å². The zero-order chi connectivity index (χ0) is 24.9. The third-order valence-corrected chi connectivity index (χ3v) is 6.97. The van der Waals surface area contributed by atoms with Crippen molar-refractivity contribution in [1.29, 1.82) is 0 Å². The molecule has 0 aliphatic carbocycles. The summed E-state index contributed by atoms with van der Waals surface area (Å²) < 4.78 is 10.2. The third kappa shape index (κ3) is 5.97. The maximum absolute atomic E-state index is 13.7. The summed E-state index contributed by atoms with van der Waals surface area (Å²) in [7, 11) is 1.63. The van der Waals surface area contributed by atoms with Gasteiger partial charge in [0.1, 0.15) is 12.3 Å². The quantitative estimate of drug-likeness (QED) is 0.523. The van der Waals surface area contributed by atoms with Crippen LogP contribution in [0.2, 0.25) is 0 Å². The second-order valence-electron chi connectivity index (χ2n) is 9.27. The lowest BCUT2D eigenvalue weighted by Gasteiger charge is -2.40. The van der Waals surface area contributed by atoms with Crippen LogP contribution in [0.1, 0.15) is 62.6 Å². The molecule has 0 N–H and O–H groups in total. The topological polar surface area (TPSA) is 76.2 Å². The molecule has 1 atom stereocenters. The van der Waals surface area contributed by atoms with E-state index in [4.69, 9.17) is 9.47 Å². The number of thiophene rings is 1. The molecule has 1 unspecified atom stereocenters. The summed E-state index contributed by atoms with van der Waals surface area (Å²) in [6, 6.07) is 9.65. The smallest absolute Gasteiger partial charge is 0.306 e. The van der Waals surface area contributed by atoms with Gasteiger partial charge in [-0.3, -0.25) is 14.4 Å². The van der Waals surface area contributed by atoms with Crippen molar-refractivity contribution < 1.29 is 23.9 Å². The van der Waals surface area contributed by atoms with Gasteiger partial charge in [0, 0.05) is 23.4 Å². The van der Waals surface area contributed by atoms with Gasteiger partial charge in [-0.25, -0.2) is 0 Å². The summed E-state index contributed by atoms with van der Waals surface area (Å²) in [6.45, 7) is 8.25. The molecule has 0 spiro atoms. The van der Waals surface area contributed by atoms with Gasteiger partial charge in [0.15, 0.2) is 0 Å². The second kappa shape index (κ2) is 11.0. The molecule has 1 aliphatic rings. The predicted molar refractivity (Wildman–Crippen MR) is 132 cm³/mol. The minimum absolute atomic E-state index is 0.00386. The number of hydrogen-bond donors (Lipinski definition) is 0. The molecule has 2 aromatic rings. The Bertz CT molecular complexity index is 1010. The molecule has 2 heterocycles. The molecule has 3 rings (SSSR count). The van der Waals surface area contributed by atoms with Gasteiger partial charge >= 0.3 is 5.97 Å². The van der Waals surface area contributed by atoms with Crippen molar-refractivity contribution in [3.05, 3.63) is 51.7 Å². The molecule has 0 saturated carbocycles. The molecule has 0 bridgehead atoms. The number of ether oxygens (including phenoxy) is 2. The first-order chi connectivity index (χ1) is 16.2. The lowest BCUT2D eigenvalue weighted by atomic mass is 9.93. The Kier molecular flexibility index (Phi) is 8.36. The van der Waals surface area contributed by atoms with Crippen LogP contribution in [0.15, 0.2) is 35.7 Å². The maximum atomic E-state index is 13.7. The Balaban J connectivity index is 1.83. The van der Waals surface area contributed by atoms with E-state index >= 15 is 0 Å². The highest BCUT2D eigenvalue weighted by Gasteiger charge is 2.36. The Labute approximate surface area is 205 Å². The van der Waals surface area contributed by atoms with Crippen molar-refractivity contribution in [2.45, 2.75) is 58.5 Å². The maximum Gasteiger partial charge on any atom is 0.306 e. The fourth-order valence-corrected chi connectivity index (χ4v) is 5.14. The van der Waals surface area contributed by atoms with Gasteiger partial charge < -0.3 is 19.3 Å². The van der Waals surface area contributed by atoms with E-state index in [-0.39, 0.29) is 43.8 Å². The summed E-state index contributed by atoms with van der Waals surface area (Å²) in [6.07, 6.45) is 0.807. The minimum Gasteiger partial charge on any atom is -0.497 e. The first kappa shape index (κ1) is 25.7. The zero-order valence-electron chi connectivity index (χ0n) is 20.6. The van der Waals surface area contributed by atoms with Crippen LogP contribution < -0.4 is 4.74 Å². The van der Waals surface area contributed by atoms with E-state index < -0.39 is 11.5 Å². The summed E-state index contributed by atoms with van der Waals surface area (Å²) >= 11 is 1.71. The molecule has 184 valence electrons. The fraction of sp³-hybridized carbons (Fsp3) is 0.500. The Morgan fingerprint density at radius 3 is 2.44 bits per heavy atom. The molecular formula is C26H34N2O5S. The number of benzene rings is 1. The van der Waals surface area contributed by atoms with Gasteiger partial charge in [-0.2, -0.15) is 0 Å². The van der Waals surface area contributed by atoms with E-state index in [2.05, 4.69) is 11.4 Å². The normalized spacial score (nSPS) is 15.4. The molecule has 2 amide bonds. The van der Waals surface area contributed by atoms with Crippen molar-refractivity contribution in [2.75, 3.05) is 26.8 Å². The van der Waals surface area contributed by atoms with Crippen molar-refractivity contribution >= 4 is 29.1 Å². The van der Waals surface area contributed by atoms with E-state index in [1.165, 1.54) is 4.88 Å². The van der Waals surface area contributed by atoms with Gasteiger partial charge in [0.2, 0.25) is 11.8 Å². The molecule has 1 aromatic heterocycles. The molecule has 7 nitrogen and oxygen atoms in total. The van der Waals surface area contributed by atoms with Gasteiger partial charge in [-0.05, 0) is 68.8 Å². The molecule has 8 heteroatoms. The summed E-state index contributed by atoms with van der Waals surface area (Å²) in [5, 5.41) is 2.07. The highest BCUT2D eigenvalue weighted by molar-refractivity contribution is 7.10. The van der Waals surface area contributed by atoms with Crippen LogP contribution in [0, 0.1) is 0 Å². The molecule has 1 aromatic carbocycles. The van der Waals surface area contributed by atoms with Crippen LogP contribution in [-0.2, 0) is 25.5 Å². The fourth-order valence-electron chi connectivity index (χ4n) is 4.23. The second-order valence-corrected chi connectivity index (χ2v) is 10.3. The Hall–Kier alpha value is -2.87. The van der Waals surface area contributed by atoms with E-state index in [9.17, 15) is 14.4 Å². The number of fused-ring (bicyclic) bond motifs is 1. The lowest BCUT2D eigenvalue weighted by Crippen LogP contribution is -2.52. The van der Waals surface area contributed by atoms with E-state index in [0.717, 1.165) is 23.3 Å². The number of esters is 1. The number of carbonyl (C=O) groups is 3. The number of carbonyl (C=O) groups excluding carboxylic acids is 3. The number of nitrogens with zero attached hydrogens (tertiary/aromatic N) is 2. The predicted octanol–water partition coefficient (Wildman–Crippen LogP) is 4.20. The van der Waals surface area contributed by atoms with Crippen molar-refractivity contribution in [3.63, 3.8) is 0 Å². The highest BCUT2D eigenvalue weighted by atomic mass is 32.1. The monoisotopic (exact) mass is 486 g/mol. The first-order valence-corrected chi connectivity index (χ1v) is 12.5. The Morgan fingerprint density at radius 2 is 1.82 bits per heavy atom. The Morgan fingerprint density at radius 1 is 1.12 bits per heavy atom. The highest BCUT2D eigenvalue weighted by Crippen LogP contribution is 2.38. The molecule has 34 heavy (non-hydrogen) atoms. The zero-order valence-corrected chi connectivity index (χ0v) is 21.4. The van der Waals surface area contributed by atoms with Crippen LogP contribution >= 0.6 is 11.3 Å². The van der Waals surface area contributed by atoms with E-state index in [1.807, 2.05) is 49.9 Å². The first-order valence-electron chi connectivity index (χ1n) is 11.6. The minimum atomic E-state index is -0.569. The van der Waals surface area contributed by atoms with Gasteiger partial charge in [-0.15, -0.1) is 11.3 Å². The summed E-state index contributed by atoms with van der Waals surface area (Å²) in [5.74, 6) is 0.00548. The summed E-state index contributed by atoms with van der Waals surface area (Å²) in [4.78, 5) is 43.2. The van der Waals surface area contributed by atoms with E-state index in [1.54, 1.807) is 30.3 Å². The van der Waals surface area contributed by atoms with Crippen LogP contribution in [0.5, 0.6) is 5.75 Å². The van der Waals surface area contributed by atoms with Crippen LogP contribution in [0.3, 0.4) is 0 Å². The van der Waals surface area contributed by atoms with Crippen LogP contribution in [0.4, 0.5) is 0 Å². The van der Waals surface area contributed by atoms with Crippen LogP contribution in [-0.4, -0.2) is 59.9 Å². The SMILES string of the molecule is CCOC(=O)CCC(=O)N(CC(=O)N1CCc2sccc2C1c1ccc(OC)cc1)C(C)(C)C. The van der Waals surface area contributed by atoms with Crippen molar-refractivity contribution in [2.24, 2.45) is 0 Å². The molecular weight excluding hydrogens is 452 g/mol.